The first kappa shape index (κ1) is 23.1. The highest BCUT2D eigenvalue weighted by atomic mass is 19.4. The molecule has 0 amide bonds. The lowest BCUT2D eigenvalue weighted by Crippen LogP contribution is -2.26. The number of aromatic amines is 1. The lowest BCUT2D eigenvalue weighted by Gasteiger charge is -2.21. The van der Waals surface area contributed by atoms with Gasteiger partial charge < -0.3 is 15.6 Å². The molecule has 35 heavy (non-hydrogen) atoms. The summed E-state index contributed by atoms with van der Waals surface area (Å²) in [6.45, 7) is 2.40. The third kappa shape index (κ3) is 5.38. The van der Waals surface area contributed by atoms with Crippen molar-refractivity contribution < 1.29 is 13.2 Å². The van der Waals surface area contributed by atoms with Crippen molar-refractivity contribution in [1.82, 2.24) is 20.3 Å². The van der Waals surface area contributed by atoms with E-state index in [9.17, 15) is 13.2 Å². The van der Waals surface area contributed by atoms with E-state index in [0.29, 0.717) is 35.4 Å². The zero-order valence-corrected chi connectivity index (χ0v) is 19.1. The van der Waals surface area contributed by atoms with Crippen LogP contribution in [0.1, 0.15) is 35.6 Å². The van der Waals surface area contributed by atoms with E-state index in [-0.39, 0.29) is 0 Å². The van der Waals surface area contributed by atoms with Crippen LogP contribution < -0.4 is 10.6 Å². The van der Waals surface area contributed by atoms with Crippen molar-refractivity contribution in [2.45, 2.75) is 31.5 Å². The lowest BCUT2D eigenvalue weighted by molar-refractivity contribution is -0.137. The van der Waals surface area contributed by atoms with Gasteiger partial charge in [0.15, 0.2) is 0 Å². The first-order valence-electron chi connectivity index (χ1n) is 11.7. The largest absolute Gasteiger partial charge is 0.416 e. The molecule has 180 valence electrons. The molecule has 1 saturated heterocycles. The Labute approximate surface area is 201 Å². The summed E-state index contributed by atoms with van der Waals surface area (Å²) in [5.74, 6) is 0.776. The summed E-state index contributed by atoms with van der Waals surface area (Å²) in [7, 11) is 0. The van der Waals surface area contributed by atoms with Crippen LogP contribution in [0.15, 0.2) is 72.9 Å². The van der Waals surface area contributed by atoms with Crippen LogP contribution in [0, 0.1) is 0 Å². The van der Waals surface area contributed by atoms with Crippen molar-refractivity contribution in [3.63, 3.8) is 0 Å². The Morgan fingerprint density at radius 3 is 2.51 bits per heavy atom. The number of hydrogen-bond acceptors (Lipinski definition) is 4. The second-order valence-corrected chi connectivity index (χ2v) is 8.72. The standard InChI is InChI=1S/C27H26F3N5/c28-27(29,30)21-8-4-7-20(15-21)25-22(16-24(34-25)19-9-12-31-13-10-19)23-11-14-32-26(35-23)33-17-18-5-2-1-3-6-18/h1-8,11,14-16,19,31,34H,9-10,12-13,17H2,(H,32,33,35). The molecule has 2 aromatic heterocycles. The van der Waals surface area contributed by atoms with Crippen LogP contribution in [-0.4, -0.2) is 28.0 Å². The number of halogens is 3. The minimum absolute atomic E-state index is 0.312. The van der Waals surface area contributed by atoms with Crippen molar-refractivity contribution >= 4 is 5.95 Å². The lowest BCUT2D eigenvalue weighted by atomic mass is 9.94. The van der Waals surface area contributed by atoms with Gasteiger partial charge in [0.05, 0.1) is 17.0 Å². The van der Waals surface area contributed by atoms with Crippen LogP contribution in [0.4, 0.5) is 19.1 Å². The van der Waals surface area contributed by atoms with E-state index in [2.05, 4.69) is 20.6 Å². The predicted octanol–water partition coefficient (Wildman–Crippen LogP) is 6.24. The average Bonchev–Trinajstić information content (AvgIpc) is 3.34. The number of anilines is 1. The number of nitrogens with zero attached hydrogens (tertiary/aromatic N) is 2. The Hall–Kier alpha value is -3.65. The number of alkyl halides is 3. The highest BCUT2D eigenvalue weighted by Crippen LogP contribution is 2.38. The first-order valence-corrected chi connectivity index (χ1v) is 11.7. The summed E-state index contributed by atoms with van der Waals surface area (Å²) in [6, 6.07) is 19.2. The van der Waals surface area contributed by atoms with E-state index >= 15 is 0 Å². The maximum Gasteiger partial charge on any atom is 0.416 e. The van der Waals surface area contributed by atoms with Gasteiger partial charge in [0, 0.05) is 29.9 Å². The Bertz CT molecular complexity index is 1280. The maximum atomic E-state index is 13.4. The van der Waals surface area contributed by atoms with Gasteiger partial charge in [-0.15, -0.1) is 0 Å². The maximum absolute atomic E-state index is 13.4. The van der Waals surface area contributed by atoms with Gasteiger partial charge in [0.25, 0.3) is 0 Å². The van der Waals surface area contributed by atoms with Crippen LogP contribution in [0.2, 0.25) is 0 Å². The average molecular weight is 478 g/mol. The molecular formula is C27H26F3N5. The molecule has 5 nitrogen and oxygen atoms in total. The summed E-state index contributed by atoms with van der Waals surface area (Å²) in [4.78, 5) is 12.5. The SMILES string of the molecule is FC(F)(F)c1cccc(-c2[nH]c(C3CCNCC3)cc2-c2ccnc(NCc3ccccc3)n2)c1. The fourth-order valence-corrected chi connectivity index (χ4v) is 4.48. The second-order valence-electron chi connectivity index (χ2n) is 8.72. The predicted molar refractivity (Wildman–Crippen MR) is 131 cm³/mol. The van der Waals surface area contributed by atoms with Crippen LogP contribution >= 0.6 is 0 Å². The molecule has 1 fully saturated rings. The first-order chi connectivity index (χ1) is 17.0. The Morgan fingerprint density at radius 2 is 1.74 bits per heavy atom. The van der Waals surface area contributed by atoms with Gasteiger partial charge in [0.2, 0.25) is 5.95 Å². The van der Waals surface area contributed by atoms with E-state index in [1.165, 1.54) is 12.1 Å². The number of rotatable bonds is 6. The van der Waals surface area contributed by atoms with E-state index in [1.807, 2.05) is 36.4 Å². The summed E-state index contributed by atoms with van der Waals surface area (Å²) in [5, 5.41) is 6.60. The molecule has 8 heteroatoms. The van der Waals surface area contributed by atoms with E-state index in [1.54, 1.807) is 18.3 Å². The van der Waals surface area contributed by atoms with Gasteiger partial charge in [-0.25, -0.2) is 9.97 Å². The van der Waals surface area contributed by atoms with Crippen molar-refractivity contribution in [2.75, 3.05) is 18.4 Å². The molecule has 1 aliphatic heterocycles. The highest BCUT2D eigenvalue weighted by Gasteiger charge is 2.31. The number of nitrogens with one attached hydrogen (secondary N) is 3. The number of H-pyrrole nitrogens is 1. The van der Waals surface area contributed by atoms with Crippen molar-refractivity contribution in [3.8, 4) is 22.5 Å². The third-order valence-electron chi connectivity index (χ3n) is 6.32. The number of aromatic nitrogens is 3. The molecule has 0 unspecified atom stereocenters. The third-order valence-corrected chi connectivity index (χ3v) is 6.32. The molecule has 0 spiro atoms. The summed E-state index contributed by atoms with van der Waals surface area (Å²) in [5.41, 5.74) is 3.98. The van der Waals surface area contributed by atoms with E-state index in [0.717, 1.165) is 48.8 Å². The van der Waals surface area contributed by atoms with Crippen molar-refractivity contribution in [1.29, 1.82) is 0 Å². The normalized spacial score (nSPS) is 14.7. The highest BCUT2D eigenvalue weighted by molar-refractivity contribution is 5.81. The molecule has 2 aromatic carbocycles. The monoisotopic (exact) mass is 477 g/mol. The quantitative estimate of drug-likeness (QED) is 0.308. The zero-order chi connectivity index (χ0) is 24.3. The number of piperidine rings is 1. The van der Waals surface area contributed by atoms with Gasteiger partial charge in [-0.3, -0.25) is 0 Å². The van der Waals surface area contributed by atoms with Crippen LogP contribution in [0.3, 0.4) is 0 Å². The van der Waals surface area contributed by atoms with Crippen LogP contribution in [-0.2, 0) is 12.7 Å². The second kappa shape index (κ2) is 9.92. The van der Waals surface area contributed by atoms with Gasteiger partial charge in [0.1, 0.15) is 0 Å². The van der Waals surface area contributed by atoms with Crippen LogP contribution in [0.5, 0.6) is 0 Å². The number of benzene rings is 2. The topological polar surface area (TPSA) is 65.6 Å². The Balaban J connectivity index is 1.52. The molecule has 0 atom stereocenters. The summed E-state index contributed by atoms with van der Waals surface area (Å²) >= 11 is 0. The minimum atomic E-state index is -4.41. The Kier molecular flexibility index (Phi) is 6.55. The fourth-order valence-electron chi connectivity index (χ4n) is 4.48. The molecule has 0 radical (unpaired) electrons. The molecule has 4 aromatic rings. The van der Waals surface area contributed by atoms with E-state index < -0.39 is 11.7 Å². The van der Waals surface area contributed by atoms with Crippen molar-refractivity contribution in [2.24, 2.45) is 0 Å². The molecule has 0 aliphatic carbocycles. The van der Waals surface area contributed by atoms with Gasteiger partial charge >= 0.3 is 6.18 Å². The summed E-state index contributed by atoms with van der Waals surface area (Å²) in [6.07, 6.45) is -0.807. The number of hydrogen-bond donors (Lipinski definition) is 3. The van der Waals surface area contributed by atoms with Crippen molar-refractivity contribution in [3.05, 3.63) is 89.7 Å². The molecule has 5 rings (SSSR count). The van der Waals surface area contributed by atoms with Gasteiger partial charge in [-0.05, 0) is 61.3 Å². The van der Waals surface area contributed by atoms with E-state index in [4.69, 9.17) is 4.98 Å². The fraction of sp³-hybridized carbons (Fsp3) is 0.259. The Morgan fingerprint density at radius 1 is 0.943 bits per heavy atom. The minimum Gasteiger partial charge on any atom is -0.358 e. The smallest absolute Gasteiger partial charge is 0.358 e. The molecule has 3 N–H and O–H groups in total. The van der Waals surface area contributed by atoms with Gasteiger partial charge in [-0.1, -0.05) is 42.5 Å². The molecular weight excluding hydrogens is 451 g/mol. The van der Waals surface area contributed by atoms with Gasteiger partial charge in [-0.2, -0.15) is 13.2 Å². The molecule has 0 bridgehead atoms. The zero-order valence-electron chi connectivity index (χ0n) is 19.1. The summed E-state index contributed by atoms with van der Waals surface area (Å²) < 4.78 is 40.3. The molecule has 0 saturated carbocycles. The molecule has 1 aliphatic rings. The van der Waals surface area contributed by atoms with Crippen LogP contribution in [0.25, 0.3) is 22.5 Å². The molecule has 3 heterocycles.